The summed E-state index contributed by atoms with van der Waals surface area (Å²) in [6.07, 6.45) is 0. The highest BCUT2D eigenvalue weighted by molar-refractivity contribution is 5.57. The summed E-state index contributed by atoms with van der Waals surface area (Å²) in [4.78, 5) is 0. The first-order chi connectivity index (χ1) is 6.86. The van der Waals surface area contributed by atoms with E-state index in [0.717, 1.165) is 0 Å². The van der Waals surface area contributed by atoms with E-state index in [2.05, 4.69) is 0 Å². The minimum atomic E-state index is -0.813. The predicted molar refractivity (Wildman–Crippen MR) is 58.9 cm³/mol. The van der Waals surface area contributed by atoms with Gasteiger partial charge in [0, 0.05) is 11.3 Å². The molecule has 2 N–H and O–H groups in total. The molecule has 0 fully saturated rings. The number of nitrogens with two attached hydrogens (primary N) is 1. The van der Waals surface area contributed by atoms with Crippen LogP contribution in [0.2, 0.25) is 0 Å². The largest absolute Gasteiger partial charge is 0.398 e. The molecule has 0 aliphatic carbocycles. The number of nitrogen functional groups attached to an aromatic ring is 1. The molecule has 0 unspecified atom stereocenters. The lowest BCUT2D eigenvalue weighted by Gasteiger charge is -2.17. The van der Waals surface area contributed by atoms with Crippen molar-refractivity contribution in [2.24, 2.45) is 0 Å². The van der Waals surface area contributed by atoms with Gasteiger partial charge in [-0.2, -0.15) is 0 Å². The lowest BCUT2D eigenvalue weighted by Crippen LogP contribution is -2.08. The molecule has 0 aromatic heterocycles. The highest BCUT2D eigenvalue weighted by Gasteiger charge is 2.19. The summed E-state index contributed by atoms with van der Waals surface area (Å²) in [6, 6.07) is 1.20. The van der Waals surface area contributed by atoms with Crippen LogP contribution in [0.3, 0.4) is 0 Å². The summed E-state index contributed by atoms with van der Waals surface area (Å²) in [5, 5.41) is 0. The summed E-state index contributed by atoms with van der Waals surface area (Å²) in [6.45, 7) is 7.43. The smallest absolute Gasteiger partial charge is 0.164 e. The van der Waals surface area contributed by atoms with Crippen LogP contribution in [0.15, 0.2) is 6.07 Å². The van der Waals surface area contributed by atoms with Crippen LogP contribution in [0.25, 0.3) is 0 Å². The van der Waals surface area contributed by atoms with E-state index in [1.807, 2.05) is 13.8 Å². The lowest BCUT2D eigenvalue weighted by molar-refractivity contribution is 0.492. The van der Waals surface area contributed by atoms with Crippen LogP contribution < -0.4 is 5.73 Å². The van der Waals surface area contributed by atoms with Crippen LogP contribution >= 0.6 is 0 Å². The van der Waals surface area contributed by atoms with Gasteiger partial charge in [0.05, 0.1) is 0 Å². The SMILES string of the molecule is CC(C)c1cc(F)c(F)c(C(C)C)c1N. The summed E-state index contributed by atoms with van der Waals surface area (Å²) in [5.41, 5.74) is 7.20. The number of benzene rings is 1. The van der Waals surface area contributed by atoms with Crippen LogP contribution in [-0.4, -0.2) is 0 Å². The monoisotopic (exact) mass is 213 g/mol. The van der Waals surface area contributed by atoms with Crippen molar-refractivity contribution in [1.29, 1.82) is 0 Å². The zero-order chi connectivity index (χ0) is 11.7. The lowest BCUT2D eigenvalue weighted by atomic mass is 9.92. The molecule has 15 heavy (non-hydrogen) atoms. The number of halogens is 2. The Kier molecular flexibility index (Phi) is 3.32. The first-order valence-electron chi connectivity index (χ1n) is 5.13. The van der Waals surface area contributed by atoms with Crippen molar-refractivity contribution in [3.8, 4) is 0 Å². The van der Waals surface area contributed by atoms with Crippen LogP contribution in [0, 0.1) is 11.6 Å². The van der Waals surface area contributed by atoms with Crippen molar-refractivity contribution in [2.45, 2.75) is 39.5 Å². The van der Waals surface area contributed by atoms with Gasteiger partial charge in [0.2, 0.25) is 0 Å². The molecule has 0 saturated heterocycles. The molecule has 0 aliphatic heterocycles. The topological polar surface area (TPSA) is 26.0 Å². The Hall–Kier alpha value is -1.12. The van der Waals surface area contributed by atoms with Crippen molar-refractivity contribution in [2.75, 3.05) is 5.73 Å². The van der Waals surface area contributed by atoms with Gasteiger partial charge in [0.25, 0.3) is 0 Å². The number of hydrogen-bond acceptors (Lipinski definition) is 1. The maximum atomic E-state index is 13.5. The van der Waals surface area contributed by atoms with Crippen LogP contribution in [0.1, 0.15) is 50.7 Å². The van der Waals surface area contributed by atoms with Gasteiger partial charge in [0.1, 0.15) is 0 Å². The molecule has 0 aliphatic rings. The molecule has 0 heterocycles. The Bertz CT molecular complexity index is 370. The molecule has 1 nitrogen and oxygen atoms in total. The zero-order valence-corrected chi connectivity index (χ0v) is 9.57. The molecular weight excluding hydrogens is 196 g/mol. The van der Waals surface area contributed by atoms with Gasteiger partial charge in [-0.15, -0.1) is 0 Å². The van der Waals surface area contributed by atoms with E-state index in [1.165, 1.54) is 6.07 Å². The quantitative estimate of drug-likeness (QED) is 0.743. The summed E-state index contributed by atoms with van der Waals surface area (Å²) < 4.78 is 26.8. The number of anilines is 1. The fourth-order valence-electron chi connectivity index (χ4n) is 1.72. The third kappa shape index (κ3) is 2.11. The average Bonchev–Trinajstić information content (AvgIpc) is 2.10. The third-order valence-corrected chi connectivity index (χ3v) is 2.53. The van der Waals surface area contributed by atoms with Gasteiger partial charge >= 0.3 is 0 Å². The molecule has 0 bridgehead atoms. The predicted octanol–water partition coefficient (Wildman–Crippen LogP) is 3.79. The fourth-order valence-corrected chi connectivity index (χ4v) is 1.72. The molecular formula is C12H17F2N. The van der Waals surface area contributed by atoms with Gasteiger partial charge in [-0.05, 0) is 23.5 Å². The Morgan fingerprint density at radius 2 is 1.60 bits per heavy atom. The number of hydrogen-bond donors (Lipinski definition) is 1. The van der Waals surface area contributed by atoms with E-state index in [0.29, 0.717) is 16.8 Å². The van der Waals surface area contributed by atoms with Gasteiger partial charge in [-0.1, -0.05) is 27.7 Å². The standard InChI is InChI=1S/C12H17F2N/c1-6(2)8-5-9(13)11(14)10(7(3)4)12(8)15/h5-7H,15H2,1-4H3. The van der Waals surface area contributed by atoms with E-state index in [1.54, 1.807) is 13.8 Å². The van der Waals surface area contributed by atoms with Gasteiger partial charge in [-0.3, -0.25) is 0 Å². The second kappa shape index (κ2) is 4.17. The van der Waals surface area contributed by atoms with Crippen LogP contribution in [-0.2, 0) is 0 Å². The number of rotatable bonds is 2. The van der Waals surface area contributed by atoms with Crippen molar-refractivity contribution in [1.82, 2.24) is 0 Å². The summed E-state index contributed by atoms with van der Waals surface area (Å²) >= 11 is 0. The first-order valence-corrected chi connectivity index (χ1v) is 5.13. The Balaban J connectivity index is 3.49. The van der Waals surface area contributed by atoms with E-state index < -0.39 is 11.6 Å². The normalized spacial score (nSPS) is 11.5. The van der Waals surface area contributed by atoms with E-state index in [-0.39, 0.29) is 11.8 Å². The third-order valence-electron chi connectivity index (χ3n) is 2.53. The molecule has 1 aromatic carbocycles. The van der Waals surface area contributed by atoms with Crippen molar-refractivity contribution >= 4 is 5.69 Å². The second-order valence-corrected chi connectivity index (χ2v) is 4.40. The van der Waals surface area contributed by atoms with Crippen LogP contribution in [0.4, 0.5) is 14.5 Å². The van der Waals surface area contributed by atoms with Crippen molar-refractivity contribution < 1.29 is 8.78 Å². The highest BCUT2D eigenvalue weighted by atomic mass is 19.2. The minimum Gasteiger partial charge on any atom is -0.398 e. The fraction of sp³-hybridized carbons (Fsp3) is 0.500. The Morgan fingerprint density at radius 3 is 2.00 bits per heavy atom. The summed E-state index contributed by atoms with van der Waals surface area (Å²) in [7, 11) is 0. The Morgan fingerprint density at radius 1 is 1.07 bits per heavy atom. The van der Waals surface area contributed by atoms with E-state index in [9.17, 15) is 8.78 Å². The van der Waals surface area contributed by atoms with Gasteiger partial charge in [-0.25, -0.2) is 8.78 Å². The first kappa shape index (κ1) is 12.0. The van der Waals surface area contributed by atoms with E-state index >= 15 is 0 Å². The molecule has 3 heteroatoms. The van der Waals surface area contributed by atoms with Crippen LogP contribution in [0.5, 0.6) is 0 Å². The minimum absolute atomic E-state index is 0.0950. The molecule has 0 atom stereocenters. The van der Waals surface area contributed by atoms with Gasteiger partial charge < -0.3 is 5.73 Å². The highest BCUT2D eigenvalue weighted by Crippen LogP contribution is 2.33. The molecule has 0 amide bonds. The average molecular weight is 213 g/mol. The van der Waals surface area contributed by atoms with Gasteiger partial charge in [0.15, 0.2) is 11.6 Å². The molecule has 1 rings (SSSR count). The molecule has 0 spiro atoms. The Labute approximate surface area is 89.3 Å². The van der Waals surface area contributed by atoms with Crippen molar-refractivity contribution in [3.63, 3.8) is 0 Å². The molecule has 0 saturated carbocycles. The molecule has 84 valence electrons. The van der Waals surface area contributed by atoms with Crippen molar-refractivity contribution in [3.05, 3.63) is 28.8 Å². The zero-order valence-electron chi connectivity index (χ0n) is 9.57. The second-order valence-electron chi connectivity index (χ2n) is 4.40. The maximum Gasteiger partial charge on any atom is 0.164 e. The molecule has 1 aromatic rings. The maximum absolute atomic E-state index is 13.5. The van der Waals surface area contributed by atoms with E-state index in [4.69, 9.17) is 5.73 Å². The summed E-state index contributed by atoms with van der Waals surface area (Å²) in [5.74, 6) is -1.64. The molecule has 0 radical (unpaired) electrons.